The van der Waals surface area contributed by atoms with Gasteiger partial charge in [-0.1, -0.05) is 0 Å². The van der Waals surface area contributed by atoms with Gasteiger partial charge in [-0.15, -0.1) is 0 Å². The number of nitrogens with one attached hydrogen (secondary N) is 2. The summed E-state index contributed by atoms with van der Waals surface area (Å²) in [5.41, 5.74) is 0.286. The van der Waals surface area contributed by atoms with Crippen LogP contribution in [-0.4, -0.2) is 98.8 Å². The van der Waals surface area contributed by atoms with Crippen LogP contribution in [0, 0.1) is 10.7 Å². The minimum Gasteiger partial charge on any atom is -0.474 e. The molecule has 1 heterocycles. The maximum Gasteiger partial charge on any atom is 0.302 e. The van der Waals surface area contributed by atoms with Gasteiger partial charge in [-0.25, -0.2) is 4.99 Å². The first-order valence-corrected chi connectivity index (χ1v) is 17.5. The Morgan fingerprint density at radius 3 is 1.40 bits per heavy atom. The van der Waals surface area contributed by atoms with Gasteiger partial charge in [0, 0.05) is 44.6 Å². The van der Waals surface area contributed by atoms with E-state index in [2.05, 4.69) is 15.6 Å². The highest BCUT2D eigenvalue weighted by molar-refractivity contribution is 14.1. The Balaban J connectivity index is 2.62. The summed E-state index contributed by atoms with van der Waals surface area (Å²) in [4.78, 5) is 89.5. The molecule has 2 rings (SSSR count). The monoisotopic (exact) mass is 1010 g/mol. The highest BCUT2D eigenvalue weighted by Gasteiger charge is 2.32. The molecule has 1 atom stereocenters. The molecule has 48 heavy (non-hydrogen) atoms. The number of aliphatic imine (C=N–C) groups is 1. The van der Waals surface area contributed by atoms with E-state index in [-0.39, 0.29) is 59.3 Å². The van der Waals surface area contributed by atoms with Gasteiger partial charge >= 0.3 is 29.8 Å². The van der Waals surface area contributed by atoms with Gasteiger partial charge in [-0.05, 0) is 74.2 Å². The lowest BCUT2D eigenvalue weighted by molar-refractivity contribution is -0.146. The van der Waals surface area contributed by atoms with Crippen LogP contribution in [0.25, 0.3) is 0 Å². The number of hydrogen-bond acceptors (Lipinski definition) is 14. The molecule has 0 radical (unpaired) electrons. The second kappa shape index (κ2) is 20.0. The molecule has 2 N–H and O–H groups in total. The van der Waals surface area contributed by atoms with Gasteiger partial charge in [-0.3, -0.25) is 33.6 Å². The van der Waals surface area contributed by atoms with Crippen LogP contribution in [0.4, 0.5) is 5.69 Å². The molecule has 1 saturated heterocycles. The summed E-state index contributed by atoms with van der Waals surface area (Å²) in [6, 6.07) is -1.89. The number of ether oxygens (including phenoxy) is 6. The Kier molecular flexibility index (Phi) is 17.2. The third-order valence-corrected chi connectivity index (χ3v) is 9.24. The quantitative estimate of drug-likeness (QED) is 0.147. The van der Waals surface area contributed by atoms with Crippen molar-refractivity contribution in [2.45, 2.75) is 65.6 Å². The Morgan fingerprint density at radius 1 is 0.667 bits per heavy atom. The fraction of sp³-hybridized carbons (Fsp3) is 0.517. The van der Waals surface area contributed by atoms with E-state index >= 15 is 0 Å². The molecule has 1 aliphatic rings. The van der Waals surface area contributed by atoms with Crippen LogP contribution >= 0.6 is 67.8 Å². The largest absolute Gasteiger partial charge is 0.474 e. The van der Waals surface area contributed by atoms with Crippen LogP contribution in [0.1, 0.15) is 68.2 Å². The standard InChI is InChI=1S/C29H34I3N3O13/c1-13(36)43-8-18(9-44-14(2)37)33-28(41)22-24(30)23(29(42)34-19(10-45-15(3)38)11-46-16(4)39)26(32)27(25(22)31)35-21-7-6-20(48-21)12-47-17(5)40/h18-20H,6-12H2,1-5H3,(H,33,41)(H,34,42). The van der Waals surface area contributed by atoms with Gasteiger partial charge in [-0.2, -0.15) is 0 Å². The fourth-order valence-electron chi connectivity index (χ4n) is 3.93. The molecule has 0 bridgehead atoms. The van der Waals surface area contributed by atoms with Gasteiger partial charge < -0.3 is 39.1 Å². The normalized spacial score (nSPS) is 14.6. The molecule has 0 saturated carbocycles. The van der Waals surface area contributed by atoms with E-state index in [0.717, 1.165) is 0 Å². The van der Waals surface area contributed by atoms with Crippen molar-refractivity contribution in [1.82, 2.24) is 10.6 Å². The summed E-state index contributed by atoms with van der Waals surface area (Å²) in [7, 11) is 0. The zero-order chi connectivity index (χ0) is 36.1. The van der Waals surface area contributed by atoms with Crippen LogP contribution in [0.5, 0.6) is 0 Å². The van der Waals surface area contributed by atoms with Crippen molar-refractivity contribution in [2.24, 2.45) is 4.99 Å². The SMILES string of the molecule is CC(=O)OCC(COC(C)=O)NC(=O)c1c(I)c(N=C2CCC(COC(C)=O)O2)c(I)c(C(=O)NC(COC(C)=O)COC(C)=O)c1I. The van der Waals surface area contributed by atoms with Crippen molar-refractivity contribution < 1.29 is 62.0 Å². The third-order valence-electron chi connectivity index (χ3n) is 6.06. The van der Waals surface area contributed by atoms with Crippen molar-refractivity contribution in [1.29, 1.82) is 0 Å². The zero-order valence-corrected chi connectivity index (χ0v) is 33.0. The molecule has 264 valence electrons. The van der Waals surface area contributed by atoms with E-state index in [0.29, 0.717) is 20.0 Å². The molecule has 16 nitrogen and oxygen atoms in total. The summed E-state index contributed by atoms with van der Waals surface area (Å²) in [5, 5.41) is 5.39. The first-order valence-electron chi connectivity index (χ1n) is 14.2. The lowest BCUT2D eigenvalue weighted by Crippen LogP contribution is -2.44. The second-order valence-electron chi connectivity index (χ2n) is 10.2. The van der Waals surface area contributed by atoms with Crippen molar-refractivity contribution >= 4 is 121 Å². The maximum absolute atomic E-state index is 13.9. The van der Waals surface area contributed by atoms with Crippen molar-refractivity contribution in [3.63, 3.8) is 0 Å². The minimum absolute atomic E-state index is 0.0225. The van der Waals surface area contributed by atoms with Crippen molar-refractivity contribution in [3.05, 3.63) is 21.8 Å². The number of rotatable bonds is 15. The number of nitrogens with zero attached hydrogens (tertiary/aromatic N) is 1. The molecule has 1 aromatic carbocycles. The number of carbonyl (C=O) groups is 7. The molecule has 0 aromatic heterocycles. The first-order chi connectivity index (χ1) is 22.5. The molecule has 1 aliphatic heterocycles. The van der Waals surface area contributed by atoms with E-state index < -0.39 is 59.8 Å². The van der Waals surface area contributed by atoms with Crippen LogP contribution in [0.3, 0.4) is 0 Å². The second-order valence-corrected chi connectivity index (χ2v) is 13.4. The Morgan fingerprint density at radius 2 is 1.04 bits per heavy atom. The average Bonchev–Trinajstić information content (AvgIpc) is 3.44. The Hall–Kier alpha value is -2.83. The summed E-state index contributed by atoms with van der Waals surface area (Å²) in [6.07, 6.45) is 0.447. The molecule has 2 amide bonds. The lowest BCUT2D eigenvalue weighted by atomic mass is 10.1. The van der Waals surface area contributed by atoms with E-state index in [4.69, 9.17) is 28.4 Å². The van der Waals surface area contributed by atoms with Gasteiger partial charge in [0.15, 0.2) is 5.90 Å². The molecular formula is C29H34I3N3O13. The smallest absolute Gasteiger partial charge is 0.302 e. The Bertz CT molecular complexity index is 1350. The minimum atomic E-state index is -0.944. The summed E-state index contributed by atoms with van der Waals surface area (Å²) in [5.74, 6) is -4.04. The lowest BCUT2D eigenvalue weighted by Gasteiger charge is -2.22. The first kappa shape index (κ1) is 41.3. The van der Waals surface area contributed by atoms with E-state index in [9.17, 15) is 33.6 Å². The van der Waals surface area contributed by atoms with Gasteiger partial charge in [0.25, 0.3) is 11.8 Å². The van der Waals surface area contributed by atoms with Crippen LogP contribution in [-0.2, 0) is 52.4 Å². The molecule has 19 heteroatoms. The molecule has 0 spiro atoms. The predicted molar refractivity (Wildman–Crippen MR) is 191 cm³/mol. The highest BCUT2D eigenvalue weighted by Crippen LogP contribution is 2.38. The van der Waals surface area contributed by atoms with Crippen LogP contribution in [0.2, 0.25) is 0 Å². The van der Waals surface area contributed by atoms with Gasteiger partial charge in [0.2, 0.25) is 0 Å². The molecule has 0 aliphatic carbocycles. The topological polar surface area (TPSA) is 211 Å². The molecule has 1 aromatic rings. The van der Waals surface area contributed by atoms with Gasteiger partial charge in [0.05, 0.1) is 36.0 Å². The molecule has 1 fully saturated rings. The van der Waals surface area contributed by atoms with Crippen molar-refractivity contribution in [3.8, 4) is 0 Å². The maximum atomic E-state index is 13.9. The number of amides is 2. The van der Waals surface area contributed by atoms with Crippen molar-refractivity contribution in [2.75, 3.05) is 33.0 Å². The average molecular weight is 1010 g/mol. The number of halogens is 3. The zero-order valence-electron chi connectivity index (χ0n) is 26.6. The summed E-state index contributed by atoms with van der Waals surface area (Å²) >= 11 is 5.69. The van der Waals surface area contributed by atoms with Gasteiger partial charge in [0.1, 0.15) is 39.1 Å². The van der Waals surface area contributed by atoms with Crippen LogP contribution < -0.4 is 10.6 Å². The molecule has 1 unspecified atom stereocenters. The number of esters is 5. The number of benzene rings is 1. The van der Waals surface area contributed by atoms with Crippen LogP contribution in [0.15, 0.2) is 4.99 Å². The summed E-state index contributed by atoms with van der Waals surface area (Å²) < 4.78 is 32.0. The predicted octanol–water partition coefficient (Wildman–Crippen LogP) is 2.72. The van der Waals surface area contributed by atoms with E-state index in [1.54, 1.807) is 0 Å². The Labute approximate surface area is 316 Å². The van der Waals surface area contributed by atoms with E-state index in [1.165, 1.54) is 34.6 Å². The fourth-order valence-corrected chi connectivity index (χ4v) is 8.31. The summed E-state index contributed by atoms with van der Waals surface area (Å²) in [6.45, 7) is 4.82. The number of hydrogen-bond donors (Lipinski definition) is 2. The van der Waals surface area contributed by atoms with E-state index in [1.807, 2.05) is 67.8 Å². The number of carbonyl (C=O) groups excluding carboxylic acids is 7. The molecular weight excluding hydrogens is 979 g/mol. The third kappa shape index (κ3) is 13.6. The highest BCUT2D eigenvalue weighted by atomic mass is 127.